The van der Waals surface area contributed by atoms with E-state index in [1.54, 1.807) is 0 Å². The van der Waals surface area contributed by atoms with E-state index in [1.807, 2.05) is 30.3 Å². The van der Waals surface area contributed by atoms with Crippen molar-refractivity contribution in [1.82, 2.24) is 5.01 Å². The molecule has 1 aliphatic heterocycles. The highest BCUT2D eigenvalue weighted by atomic mass is 16.4. The predicted octanol–water partition coefficient (Wildman–Crippen LogP) is 1.61. The number of rotatable bonds is 3. The minimum absolute atomic E-state index is 0.156. The van der Waals surface area contributed by atoms with Crippen molar-refractivity contribution in [3.63, 3.8) is 0 Å². The van der Waals surface area contributed by atoms with Gasteiger partial charge in [0.1, 0.15) is 0 Å². The van der Waals surface area contributed by atoms with Gasteiger partial charge in [-0.2, -0.15) is 0 Å². The van der Waals surface area contributed by atoms with Crippen molar-refractivity contribution < 1.29 is 9.90 Å². The van der Waals surface area contributed by atoms with Gasteiger partial charge in [0.05, 0.1) is 5.29 Å². The lowest BCUT2D eigenvalue weighted by molar-refractivity contribution is -0.142. The Morgan fingerprint density at radius 2 is 2.06 bits per heavy atom. The van der Waals surface area contributed by atoms with E-state index in [2.05, 4.69) is 5.29 Å². The first-order valence-corrected chi connectivity index (χ1v) is 5.11. The number of hydrogen-bond acceptors (Lipinski definition) is 3. The summed E-state index contributed by atoms with van der Waals surface area (Å²) in [6.45, 7) is 0.403. The van der Waals surface area contributed by atoms with Crippen molar-refractivity contribution in [2.75, 3.05) is 6.54 Å². The molecule has 0 saturated carbocycles. The molecular formula is C11H12N2O3. The Morgan fingerprint density at radius 1 is 1.38 bits per heavy atom. The molecule has 1 aliphatic rings. The number of aliphatic carboxylic acids is 1. The van der Waals surface area contributed by atoms with Crippen LogP contribution in [0.5, 0.6) is 0 Å². The second-order valence-electron chi connectivity index (χ2n) is 3.83. The van der Waals surface area contributed by atoms with Gasteiger partial charge in [0.2, 0.25) is 0 Å². The number of carboxylic acid groups (broad SMARTS) is 1. The Bertz CT molecular complexity index is 393. The molecular weight excluding hydrogens is 208 g/mol. The average Bonchev–Trinajstić information content (AvgIpc) is 2.73. The molecule has 84 valence electrons. The third-order valence-electron chi connectivity index (χ3n) is 2.96. The fourth-order valence-corrected chi connectivity index (χ4v) is 2.22. The molecule has 5 heteroatoms. The van der Waals surface area contributed by atoms with E-state index in [0.717, 1.165) is 10.6 Å². The highest BCUT2D eigenvalue weighted by Crippen LogP contribution is 2.33. The lowest BCUT2D eigenvalue weighted by atomic mass is 9.92. The number of nitroso groups, excluding NO2 is 1. The molecule has 1 heterocycles. The zero-order valence-electron chi connectivity index (χ0n) is 8.61. The molecule has 1 unspecified atom stereocenters. The number of nitrogens with zero attached hydrogens (tertiary/aromatic N) is 2. The van der Waals surface area contributed by atoms with Crippen molar-refractivity contribution in [3.05, 3.63) is 40.8 Å². The summed E-state index contributed by atoms with van der Waals surface area (Å²) in [7, 11) is 0. The molecule has 16 heavy (non-hydrogen) atoms. The van der Waals surface area contributed by atoms with Crippen molar-refractivity contribution in [1.29, 1.82) is 0 Å². The van der Waals surface area contributed by atoms with Gasteiger partial charge in [-0.15, -0.1) is 4.91 Å². The van der Waals surface area contributed by atoms with Gasteiger partial charge < -0.3 is 5.11 Å². The molecule has 2 atom stereocenters. The maximum Gasteiger partial charge on any atom is 0.328 e. The van der Waals surface area contributed by atoms with Crippen LogP contribution in [0.3, 0.4) is 0 Å². The number of carboxylic acids is 1. The molecule has 0 aromatic heterocycles. The molecule has 0 aliphatic carbocycles. The van der Waals surface area contributed by atoms with Gasteiger partial charge in [0.25, 0.3) is 0 Å². The molecule has 1 saturated heterocycles. The fraction of sp³-hybridized carbons (Fsp3) is 0.364. The van der Waals surface area contributed by atoms with E-state index in [4.69, 9.17) is 5.11 Å². The maximum absolute atomic E-state index is 11.1. The minimum Gasteiger partial charge on any atom is -0.480 e. The van der Waals surface area contributed by atoms with Crippen molar-refractivity contribution in [3.8, 4) is 0 Å². The molecule has 5 nitrogen and oxygen atoms in total. The first-order chi connectivity index (χ1) is 7.74. The van der Waals surface area contributed by atoms with Crippen LogP contribution in [-0.4, -0.2) is 28.7 Å². The molecule has 1 aromatic rings. The quantitative estimate of drug-likeness (QED) is 0.785. The molecule has 0 amide bonds. The topological polar surface area (TPSA) is 70.0 Å². The van der Waals surface area contributed by atoms with Gasteiger partial charge in [-0.1, -0.05) is 30.3 Å². The summed E-state index contributed by atoms with van der Waals surface area (Å²) >= 11 is 0. The van der Waals surface area contributed by atoms with Gasteiger partial charge in [-0.3, -0.25) is 0 Å². The van der Waals surface area contributed by atoms with E-state index in [-0.39, 0.29) is 5.92 Å². The molecule has 1 fully saturated rings. The Hall–Kier alpha value is -1.91. The van der Waals surface area contributed by atoms with Gasteiger partial charge in [0.15, 0.2) is 6.04 Å². The van der Waals surface area contributed by atoms with Crippen LogP contribution in [0.15, 0.2) is 35.6 Å². The summed E-state index contributed by atoms with van der Waals surface area (Å²) in [5.41, 5.74) is 0.945. The molecule has 1 aromatic carbocycles. The lowest BCUT2D eigenvalue weighted by Gasteiger charge is -2.19. The Morgan fingerprint density at radius 3 is 2.62 bits per heavy atom. The molecule has 2 rings (SSSR count). The monoisotopic (exact) mass is 220 g/mol. The Balaban J connectivity index is 2.28. The number of carbonyl (C=O) groups is 1. The minimum atomic E-state index is -0.994. The highest BCUT2D eigenvalue weighted by Gasteiger charge is 2.40. The number of benzene rings is 1. The van der Waals surface area contributed by atoms with Crippen LogP contribution in [0.1, 0.15) is 17.9 Å². The summed E-state index contributed by atoms with van der Waals surface area (Å²) < 4.78 is 0. The molecule has 0 radical (unpaired) electrons. The zero-order valence-corrected chi connectivity index (χ0v) is 8.61. The molecule has 0 bridgehead atoms. The Kier molecular flexibility index (Phi) is 2.85. The van der Waals surface area contributed by atoms with Crippen LogP contribution >= 0.6 is 0 Å². The van der Waals surface area contributed by atoms with Crippen molar-refractivity contribution in [2.45, 2.75) is 18.4 Å². The van der Waals surface area contributed by atoms with Crippen LogP contribution in [0.25, 0.3) is 0 Å². The Labute approximate surface area is 92.6 Å². The second-order valence-corrected chi connectivity index (χ2v) is 3.83. The zero-order chi connectivity index (χ0) is 11.5. The van der Waals surface area contributed by atoms with Gasteiger partial charge in [0, 0.05) is 12.5 Å². The third-order valence-corrected chi connectivity index (χ3v) is 2.96. The fourth-order valence-electron chi connectivity index (χ4n) is 2.22. The van der Waals surface area contributed by atoms with Gasteiger partial charge in [-0.25, -0.2) is 9.80 Å². The van der Waals surface area contributed by atoms with Crippen molar-refractivity contribution >= 4 is 5.97 Å². The van der Waals surface area contributed by atoms with Crippen LogP contribution in [0.2, 0.25) is 0 Å². The van der Waals surface area contributed by atoms with Crippen molar-refractivity contribution in [2.24, 2.45) is 5.29 Å². The van der Waals surface area contributed by atoms with Crippen LogP contribution in [0.4, 0.5) is 0 Å². The molecule has 1 N–H and O–H groups in total. The summed E-state index contributed by atoms with van der Waals surface area (Å²) in [4.78, 5) is 21.6. The first-order valence-electron chi connectivity index (χ1n) is 5.11. The van der Waals surface area contributed by atoms with E-state index in [9.17, 15) is 9.70 Å². The van der Waals surface area contributed by atoms with E-state index in [0.29, 0.717) is 13.0 Å². The second kappa shape index (κ2) is 4.30. The van der Waals surface area contributed by atoms with E-state index in [1.165, 1.54) is 0 Å². The smallest absolute Gasteiger partial charge is 0.328 e. The normalized spacial score (nSPS) is 24.4. The third kappa shape index (κ3) is 1.76. The van der Waals surface area contributed by atoms with E-state index >= 15 is 0 Å². The maximum atomic E-state index is 11.1. The standard InChI is InChI=1S/C11H12N2O3/c14-11(15)10-9(6-7-13(10)12-16)8-4-2-1-3-5-8/h1-5,9-10H,6-7H2,(H,14,15)/t9-,10?/m1/s1. The lowest BCUT2D eigenvalue weighted by Crippen LogP contribution is -2.35. The number of hydrogen-bond donors (Lipinski definition) is 1. The van der Waals surface area contributed by atoms with Crippen LogP contribution in [0, 0.1) is 4.91 Å². The molecule has 0 spiro atoms. The average molecular weight is 220 g/mol. The van der Waals surface area contributed by atoms with Crippen LogP contribution in [-0.2, 0) is 4.79 Å². The first kappa shape index (κ1) is 10.6. The van der Waals surface area contributed by atoms with Gasteiger partial charge in [-0.05, 0) is 12.0 Å². The highest BCUT2D eigenvalue weighted by molar-refractivity contribution is 5.75. The summed E-state index contributed by atoms with van der Waals surface area (Å²) in [5.74, 6) is -1.15. The van der Waals surface area contributed by atoms with E-state index < -0.39 is 12.0 Å². The summed E-state index contributed by atoms with van der Waals surface area (Å²) in [5, 5.41) is 13.0. The van der Waals surface area contributed by atoms with Gasteiger partial charge >= 0.3 is 5.97 Å². The summed E-state index contributed by atoms with van der Waals surface area (Å²) in [6.07, 6.45) is 0.646. The largest absolute Gasteiger partial charge is 0.480 e. The van der Waals surface area contributed by atoms with Crippen LogP contribution < -0.4 is 0 Å². The SMILES string of the molecule is O=NN1CC[C@H](c2ccccc2)C1C(=O)O. The predicted molar refractivity (Wildman–Crippen MR) is 57.7 cm³/mol. The summed E-state index contributed by atoms with van der Waals surface area (Å²) in [6, 6.07) is 8.55.